The first-order valence-corrected chi connectivity index (χ1v) is 6.41. The Morgan fingerprint density at radius 1 is 1.31 bits per heavy atom. The lowest BCUT2D eigenvalue weighted by Crippen LogP contribution is -2.60. The number of piperidine rings is 1. The second-order valence-electron chi connectivity index (χ2n) is 5.04. The molecule has 0 saturated carbocycles. The normalized spacial score (nSPS) is 24.3. The van der Waals surface area contributed by atoms with E-state index in [0.29, 0.717) is 11.9 Å². The van der Waals surface area contributed by atoms with Crippen LogP contribution in [-0.2, 0) is 4.79 Å². The fraction of sp³-hybridized carbons (Fsp3) is 0.917. The van der Waals surface area contributed by atoms with Crippen LogP contribution in [0.2, 0.25) is 0 Å². The zero-order valence-corrected chi connectivity index (χ0v) is 10.4. The fourth-order valence-corrected chi connectivity index (χ4v) is 2.43. The van der Waals surface area contributed by atoms with Crippen LogP contribution >= 0.6 is 0 Å². The first-order chi connectivity index (χ1) is 7.70. The van der Waals surface area contributed by atoms with E-state index in [2.05, 4.69) is 17.3 Å². The molecular formula is C12H23N3O. The highest BCUT2D eigenvalue weighted by molar-refractivity contribution is 5.81. The Balaban J connectivity index is 1.86. The Labute approximate surface area is 98.0 Å². The molecule has 1 unspecified atom stereocenters. The molecule has 2 aliphatic rings. The number of amides is 1. The highest BCUT2D eigenvalue weighted by Crippen LogP contribution is 2.14. The molecule has 2 fully saturated rings. The molecule has 0 aromatic carbocycles. The molecule has 4 nitrogen and oxygen atoms in total. The molecule has 0 radical (unpaired) electrons. The smallest absolute Gasteiger partial charge is 0.239 e. The predicted octanol–water partition coefficient (Wildman–Crippen LogP) is 0.291. The van der Waals surface area contributed by atoms with E-state index in [1.807, 2.05) is 11.8 Å². The summed E-state index contributed by atoms with van der Waals surface area (Å²) in [7, 11) is 2.07. The number of likely N-dealkylation sites (N-methyl/N-ethyl adjacent to an activating group) is 1. The summed E-state index contributed by atoms with van der Waals surface area (Å²) in [5.41, 5.74) is 0. The van der Waals surface area contributed by atoms with Crippen LogP contribution in [0.3, 0.4) is 0 Å². The minimum Gasteiger partial charge on any atom is -0.341 e. The van der Waals surface area contributed by atoms with Crippen molar-refractivity contribution in [1.29, 1.82) is 0 Å². The molecule has 16 heavy (non-hydrogen) atoms. The Morgan fingerprint density at radius 2 is 1.94 bits per heavy atom. The van der Waals surface area contributed by atoms with Crippen molar-refractivity contribution in [1.82, 2.24) is 15.1 Å². The minimum absolute atomic E-state index is 0.0326. The third-order valence-electron chi connectivity index (χ3n) is 3.97. The molecule has 1 amide bonds. The minimum atomic E-state index is 0.0326. The average molecular weight is 225 g/mol. The van der Waals surface area contributed by atoms with Crippen molar-refractivity contribution in [2.75, 3.05) is 33.2 Å². The van der Waals surface area contributed by atoms with Gasteiger partial charge in [-0.25, -0.2) is 0 Å². The van der Waals surface area contributed by atoms with Gasteiger partial charge in [0.15, 0.2) is 0 Å². The molecule has 2 aliphatic heterocycles. The lowest BCUT2D eigenvalue weighted by molar-refractivity contribution is -0.138. The molecular weight excluding hydrogens is 202 g/mol. The van der Waals surface area contributed by atoms with Gasteiger partial charge in [-0.15, -0.1) is 0 Å². The van der Waals surface area contributed by atoms with Gasteiger partial charge >= 0.3 is 0 Å². The summed E-state index contributed by atoms with van der Waals surface area (Å²) in [6.45, 7) is 6.00. The number of carbonyl (C=O) groups is 1. The first kappa shape index (κ1) is 11.9. The summed E-state index contributed by atoms with van der Waals surface area (Å²) in [5.74, 6) is 0.314. The van der Waals surface area contributed by atoms with Gasteiger partial charge in [0.05, 0.1) is 6.04 Å². The summed E-state index contributed by atoms with van der Waals surface area (Å²) in [6, 6.07) is 0.578. The fourth-order valence-electron chi connectivity index (χ4n) is 2.43. The Morgan fingerprint density at radius 3 is 2.44 bits per heavy atom. The Bertz CT molecular complexity index is 247. The van der Waals surface area contributed by atoms with Crippen molar-refractivity contribution in [3.63, 3.8) is 0 Å². The molecule has 0 aliphatic carbocycles. The largest absolute Gasteiger partial charge is 0.341 e. The van der Waals surface area contributed by atoms with Crippen molar-refractivity contribution in [2.24, 2.45) is 0 Å². The molecule has 2 rings (SSSR count). The maximum atomic E-state index is 12.2. The molecule has 2 heterocycles. The predicted molar refractivity (Wildman–Crippen MR) is 64.3 cm³/mol. The number of nitrogens with zero attached hydrogens (tertiary/aromatic N) is 2. The van der Waals surface area contributed by atoms with Gasteiger partial charge in [-0.05, 0) is 33.2 Å². The molecule has 0 bridgehead atoms. The van der Waals surface area contributed by atoms with Crippen LogP contribution in [0.4, 0.5) is 0 Å². The van der Waals surface area contributed by atoms with Gasteiger partial charge in [0, 0.05) is 32.2 Å². The Kier molecular flexibility index (Phi) is 3.82. The standard InChI is InChI=1S/C12H23N3O/c1-10(14(2)11-8-13-9-11)12(16)15-6-4-3-5-7-15/h10-11,13H,3-9H2,1-2H3. The van der Waals surface area contributed by atoms with Crippen LogP contribution < -0.4 is 5.32 Å². The van der Waals surface area contributed by atoms with Gasteiger partial charge in [-0.3, -0.25) is 9.69 Å². The van der Waals surface area contributed by atoms with E-state index < -0.39 is 0 Å². The van der Waals surface area contributed by atoms with Crippen LogP contribution in [0.5, 0.6) is 0 Å². The van der Waals surface area contributed by atoms with Gasteiger partial charge in [0.25, 0.3) is 0 Å². The van der Waals surface area contributed by atoms with E-state index >= 15 is 0 Å². The average Bonchev–Trinajstić information content (AvgIpc) is 2.26. The summed E-state index contributed by atoms with van der Waals surface area (Å²) < 4.78 is 0. The first-order valence-electron chi connectivity index (χ1n) is 6.41. The second kappa shape index (κ2) is 5.15. The lowest BCUT2D eigenvalue weighted by atomic mass is 10.1. The number of nitrogens with one attached hydrogen (secondary N) is 1. The van der Waals surface area contributed by atoms with E-state index in [0.717, 1.165) is 26.2 Å². The van der Waals surface area contributed by atoms with Crippen LogP contribution in [0.15, 0.2) is 0 Å². The van der Waals surface area contributed by atoms with E-state index in [-0.39, 0.29) is 6.04 Å². The van der Waals surface area contributed by atoms with Gasteiger partial charge in [-0.2, -0.15) is 0 Å². The van der Waals surface area contributed by atoms with Crippen molar-refractivity contribution >= 4 is 5.91 Å². The summed E-state index contributed by atoms with van der Waals surface area (Å²) >= 11 is 0. The molecule has 1 N–H and O–H groups in total. The topological polar surface area (TPSA) is 35.6 Å². The highest BCUT2D eigenvalue weighted by Gasteiger charge is 2.31. The van der Waals surface area contributed by atoms with Crippen molar-refractivity contribution in [2.45, 2.75) is 38.3 Å². The van der Waals surface area contributed by atoms with Gasteiger partial charge in [0.2, 0.25) is 5.91 Å². The van der Waals surface area contributed by atoms with Gasteiger partial charge in [0.1, 0.15) is 0 Å². The molecule has 2 saturated heterocycles. The van der Waals surface area contributed by atoms with E-state index in [1.165, 1.54) is 19.3 Å². The number of rotatable bonds is 3. The summed E-state index contributed by atoms with van der Waals surface area (Å²) in [4.78, 5) is 16.5. The monoisotopic (exact) mass is 225 g/mol. The zero-order valence-electron chi connectivity index (χ0n) is 10.4. The third kappa shape index (κ3) is 2.38. The number of carbonyl (C=O) groups excluding carboxylic acids is 1. The maximum absolute atomic E-state index is 12.2. The highest BCUT2D eigenvalue weighted by atomic mass is 16.2. The van der Waals surface area contributed by atoms with Crippen LogP contribution in [0.25, 0.3) is 0 Å². The van der Waals surface area contributed by atoms with Crippen molar-refractivity contribution < 1.29 is 4.79 Å². The number of hydrogen-bond donors (Lipinski definition) is 1. The number of hydrogen-bond acceptors (Lipinski definition) is 3. The number of likely N-dealkylation sites (tertiary alicyclic amines) is 1. The zero-order chi connectivity index (χ0) is 11.5. The van der Waals surface area contributed by atoms with Crippen molar-refractivity contribution in [3.8, 4) is 0 Å². The van der Waals surface area contributed by atoms with Gasteiger partial charge in [-0.1, -0.05) is 0 Å². The van der Waals surface area contributed by atoms with Crippen LogP contribution in [0, 0.1) is 0 Å². The van der Waals surface area contributed by atoms with E-state index in [9.17, 15) is 4.79 Å². The summed E-state index contributed by atoms with van der Waals surface area (Å²) in [6.07, 6.45) is 3.63. The van der Waals surface area contributed by atoms with Crippen LogP contribution in [-0.4, -0.2) is 61.0 Å². The maximum Gasteiger partial charge on any atom is 0.239 e. The van der Waals surface area contributed by atoms with Crippen LogP contribution in [0.1, 0.15) is 26.2 Å². The molecule has 0 spiro atoms. The van der Waals surface area contributed by atoms with Crippen molar-refractivity contribution in [3.05, 3.63) is 0 Å². The lowest BCUT2D eigenvalue weighted by Gasteiger charge is -2.40. The SMILES string of the molecule is CC(C(=O)N1CCCCC1)N(C)C1CNC1. The van der Waals surface area contributed by atoms with E-state index in [1.54, 1.807) is 0 Å². The Hall–Kier alpha value is -0.610. The third-order valence-corrected chi connectivity index (χ3v) is 3.97. The molecule has 92 valence electrons. The second-order valence-corrected chi connectivity index (χ2v) is 5.04. The molecule has 4 heteroatoms. The van der Waals surface area contributed by atoms with Gasteiger partial charge < -0.3 is 10.2 Å². The summed E-state index contributed by atoms with van der Waals surface area (Å²) in [5, 5.41) is 3.25. The van der Waals surface area contributed by atoms with E-state index in [4.69, 9.17) is 0 Å². The quantitative estimate of drug-likeness (QED) is 0.750. The molecule has 0 aromatic heterocycles. The molecule has 0 aromatic rings. The molecule has 1 atom stereocenters.